The molecule has 0 bridgehead atoms. The highest BCUT2D eigenvalue weighted by Crippen LogP contribution is 2.32. The van der Waals surface area contributed by atoms with Gasteiger partial charge in [-0.1, -0.05) is 0 Å². The van der Waals surface area contributed by atoms with Gasteiger partial charge in [0.05, 0.1) is 0 Å². The van der Waals surface area contributed by atoms with Crippen LogP contribution in [0.1, 0.15) is 33.1 Å². The van der Waals surface area contributed by atoms with Crippen molar-refractivity contribution in [2.75, 3.05) is 0 Å². The summed E-state index contributed by atoms with van der Waals surface area (Å²) in [5, 5.41) is 2.95. The lowest BCUT2D eigenvalue weighted by atomic mass is 10.2. The number of hydrogen-bond acceptors (Lipinski definition) is 2. The van der Waals surface area contributed by atoms with Gasteiger partial charge < -0.3 is 11.1 Å². The molecular weight excluding hydrogens is 152 g/mol. The number of amides is 1. The molecule has 1 aliphatic rings. The van der Waals surface area contributed by atoms with Crippen LogP contribution in [-0.4, -0.2) is 18.0 Å². The molecule has 1 fully saturated rings. The molecule has 0 saturated heterocycles. The van der Waals surface area contributed by atoms with E-state index in [4.69, 9.17) is 5.73 Å². The van der Waals surface area contributed by atoms with E-state index in [1.165, 1.54) is 12.8 Å². The first kappa shape index (κ1) is 9.52. The Kier molecular flexibility index (Phi) is 3.09. The van der Waals surface area contributed by atoms with E-state index in [0.717, 1.165) is 5.92 Å². The van der Waals surface area contributed by atoms with Gasteiger partial charge in [-0.2, -0.15) is 0 Å². The van der Waals surface area contributed by atoms with Crippen LogP contribution in [0, 0.1) is 5.92 Å². The molecule has 3 heteroatoms. The summed E-state index contributed by atoms with van der Waals surface area (Å²) in [5.74, 6) is 0.812. The Hall–Kier alpha value is -0.570. The summed E-state index contributed by atoms with van der Waals surface area (Å²) in [4.78, 5) is 11.2. The monoisotopic (exact) mass is 170 g/mol. The highest BCUT2D eigenvalue weighted by Gasteiger charge is 2.28. The van der Waals surface area contributed by atoms with E-state index in [-0.39, 0.29) is 11.9 Å². The third kappa shape index (κ3) is 3.22. The summed E-state index contributed by atoms with van der Waals surface area (Å²) < 4.78 is 0. The minimum Gasteiger partial charge on any atom is -0.353 e. The van der Waals surface area contributed by atoms with Gasteiger partial charge in [-0.15, -0.1) is 0 Å². The van der Waals surface area contributed by atoms with Crippen LogP contribution in [0.15, 0.2) is 0 Å². The van der Waals surface area contributed by atoms with Crippen LogP contribution in [0.3, 0.4) is 0 Å². The molecule has 0 aromatic heterocycles. The van der Waals surface area contributed by atoms with E-state index in [0.29, 0.717) is 12.5 Å². The summed E-state index contributed by atoms with van der Waals surface area (Å²) >= 11 is 0. The van der Waals surface area contributed by atoms with Crippen molar-refractivity contribution in [3.63, 3.8) is 0 Å². The quantitative estimate of drug-likeness (QED) is 0.650. The van der Waals surface area contributed by atoms with E-state index in [1.54, 1.807) is 0 Å². The number of carbonyl (C=O) groups is 1. The number of nitrogens with two attached hydrogens (primary N) is 1. The van der Waals surface area contributed by atoms with Crippen molar-refractivity contribution in [2.45, 2.75) is 45.2 Å². The van der Waals surface area contributed by atoms with Gasteiger partial charge in [-0.05, 0) is 32.6 Å². The van der Waals surface area contributed by atoms with Crippen molar-refractivity contribution in [2.24, 2.45) is 11.7 Å². The maximum Gasteiger partial charge on any atom is 0.221 e. The van der Waals surface area contributed by atoms with Gasteiger partial charge in [-0.3, -0.25) is 4.79 Å². The molecule has 0 aromatic carbocycles. The molecule has 1 rings (SSSR count). The van der Waals surface area contributed by atoms with Crippen molar-refractivity contribution in [3.8, 4) is 0 Å². The molecule has 0 spiro atoms. The van der Waals surface area contributed by atoms with Gasteiger partial charge in [0.2, 0.25) is 5.91 Å². The smallest absolute Gasteiger partial charge is 0.221 e. The summed E-state index contributed by atoms with van der Waals surface area (Å²) in [7, 11) is 0. The minimum atomic E-state index is -0.0311. The van der Waals surface area contributed by atoms with Crippen LogP contribution in [0.2, 0.25) is 0 Å². The van der Waals surface area contributed by atoms with Gasteiger partial charge in [0.15, 0.2) is 0 Å². The van der Waals surface area contributed by atoms with Gasteiger partial charge in [0, 0.05) is 18.5 Å². The third-order valence-corrected chi connectivity index (χ3v) is 2.23. The lowest BCUT2D eigenvalue weighted by Crippen LogP contribution is -2.36. The zero-order valence-corrected chi connectivity index (χ0v) is 7.84. The standard InChI is InChI=1S/C9H18N2O/c1-6(10)5-9(12)11-7(2)8-3-4-8/h6-8H,3-5,10H2,1-2H3,(H,11,12). The molecular formula is C9H18N2O. The second-order valence-corrected chi connectivity index (χ2v) is 3.88. The van der Waals surface area contributed by atoms with E-state index in [1.807, 2.05) is 6.92 Å². The average molecular weight is 170 g/mol. The average Bonchev–Trinajstić information content (AvgIpc) is 2.63. The molecule has 2 unspecified atom stereocenters. The van der Waals surface area contributed by atoms with Gasteiger partial charge in [0.1, 0.15) is 0 Å². The van der Waals surface area contributed by atoms with Crippen molar-refractivity contribution < 1.29 is 4.79 Å². The molecule has 1 aliphatic carbocycles. The van der Waals surface area contributed by atoms with Crippen molar-refractivity contribution >= 4 is 5.91 Å². The molecule has 3 N–H and O–H groups in total. The highest BCUT2D eigenvalue weighted by atomic mass is 16.1. The first-order chi connectivity index (χ1) is 5.59. The largest absolute Gasteiger partial charge is 0.353 e. The van der Waals surface area contributed by atoms with E-state index < -0.39 is 0 Å². The number of hydrogen-bond donors (Lipinski definition) is 2. The Morgan fingerprint density at radius 2 is 2.17 bits per heavy atom. The highest BCUT2D eigenvalue weighted by molar-refractivity contribution is 5.76. The predicted molar refractivity (Wildman–Crippen MR) is 48.6 cm³/mol. The van der Waals surface area contributed by atoms with Crippen molar-refractivity contribution in [1.82, 2.24) is 5.32 Å². The lowest BCUT2D eigenvalue weighted by molar-refractivity contribution is -0.122. The molecule has 12 heavy (non-hydrogen) atoms. The molecule has 70 valence electrons. The fourth-order valence-electron chi connectivity index (χ4n) is 1.32. The number of rotatable bonds is 4. The third-order valence-electron chi connectivity index (χ3n) is 2.23. The molecule has 2 atom stereocenters. The Bertz CT molecular complexity index is 164. The van der Waals surface area contributed by atoms with Gasteiger partial charge in [-0.25, -0.2) is 0 Å². The van der Waals surface area contributed by atoms with Crippen LogP contribution in [0.4, 0.5) is 0 Å². The molecule has 0 aromatic rings. The topological polar surface area (TPSA) is 55.1 Å². The van der Waals surface area contributed by atoms with Gasteiger partial charge in [0.25, 0.3) is 0 Å². The summed E-state index contributed by atoms with van der Waals surface area (Å²) in [6.45, 7) is 3.91. The van der Waals surface area contributed by atoms with E-state index >= 15 is 0 Å². The lowest BCUT2D eigenvalue weighted by Gasteiger charge is -2.13. The SMILES string of the molecule is CC(N)CC(=O)NC(C)C1CC1. The van der Waals surface area contributed by atoms with Crippen LogP contribution in [-0.2, 0) is 4.79 Å². The normalized spacial score (nSPS) is 21.6. The molecule has 0 aliphatic heterocycles. The van der Waals surface area contributed by atoms with E-state index in [9.17, 15) is 4.79 Å². The van der Waals surface area contributed by atoms with E-state index in [2.05, 4.69) is 12.2 Å². The van der Waals surface area contributed by atoms with Crippen LogP contribution in [0.5, 0.6) is 0 Å². The first-order valence-electron chi connectivity index (χ1n) is 4.64. The number of nitrogens with one attached hydrogen (secondary N) is 1. The zero-order valence-electron chi connectivity index (χ0n) is 7.84. The van der Waals surface area contributed by atoms with Crippen LogP contribution in [0.25, 0.3) is 0 Å². The molecule has 1 saturated carbocycles. The first-order valence-corrected chi connectivity index (χ1v) is 4.64. The summed E-state index contributed by atoms with van der Waals surface area (Å²) in [5.41, 5.74) is 5.50. The summed E-state index contributed by atoms with van der Waals surface area (Å²) in [6, 6.07) is 0.313. The number of carbonyl (C=O) groups excluding carboxylic acids is 1. The van der Waals surface area contributed by atoms with Crippen LogP contribution >= 0.6 is 0 Å². The zero-order chi connectivity index (χ0) is 9.14. The Labute approximate surface area is 73.7 Å². The molecule has 3 nitrogen and oxygen atoms in total. The fourth-order valence-corrected chi connectivity index (χ4v) is 1.32. The minimum absolute atomic E-state index is 0.0311. The Morgan fingerprint density at radius 1 is 1.58 bits per heavy atom. The molecule has 1 amide bonds. The molecule has 0 heterocycles. The fraction of sp³-hybridized carbons (Fsp3) is 0.889. The van der Waals surface area contributed by atoms with Gasteiger partial charge >= 0.3 is 0 Å². The maximum absolute atomic E-state index is 11.2. The van der Waals surface area contributed by atoms with Crippen LogP contribution < -0.4 is 11.1 Å². The molecule has 0 radical (unpaired) electrons. The predicted octanol–water partition coefficient (Wildman–Crippen LogP) is 0.638. The Balaban J connectivity index is 2.15. The van der Waals surface area contributed by atoms with Crippen molar-refractivity contribution in [3.05, 3.63) is 0 Å². The maximum atomic E-state index is 11.2. The summed E-state index contributed by atoms with van der Waals surface area (Å²) in [6.07, 6.45) is 2.97. The second-order valence-electron chi connectivity index (χ2n) is 3.88. The van der Waals surface area contributed by atoms with Crippen molar-refractivity contribution in [1.29, 1.82) is 0 Å². The second kappa shape index (κ2) is 3.90. The Morgan fingerprint density at radius 3 is 2.58 bits per heavy atom.